The van der Waals surface area contributed by atoms with Crippen LogP contribution in [-0.2, 0) is 17.6 Å². The molecule has 1 fully saturated rings. The van der Waals surface area contributed by atoms with E-state index in [1.165, 1.54) is 19.2 Å². The molecule has 0 spiro atoms. The lowest BCUT2D eigenvalue weighted by molar-refractivity contribution is -0.125. The number of nitrogens with one attached hydrogen (secondary N) is 2. The normalized spacial score (nSPS) is 22.1. The monoisotopic (exact) mass is 510 g/mol. The second-order valence-corrected chi connectivity index (χ2v) is 9.79. The smallest absolute Gasteiger partial charge is 0.259 e. The summed E-state index contributed by atoms with van der Waals surface area (Å²) in [5.74, 6) is -1.35. The summed E-state index contributed by atoms with van der Waals surface area (Å²) in [5, 5.41) is 5.89. The van der Waals surface area contributed by atoms with Gasteiger partial charge in [0.1, 0.15) is 17.1 Å². The lowest BCUT2D eigenvalue weighted by Crippen LogP contribution is -2.46. The van der Waals surface area contributed by atoms with Crippen LogP contribution in [0.4, 0.5) is 4.39 Å². The molecule has 0 unspecified atom stereocenters. The largest absolute Gasteiger partial charge is 0.493 e. The predicted octanol–water partition coefficient (Wildman–Crippen LogP) is 2.27. The fraction of sp³-hybridized carbons (Fsp3) is 0.481. The van der Waals surface area contributed by atoms with Crippen molar-refractivity contribution in [3.8, 4) is 11.6 Å². The summed E-state index contributed by atoms with van der Waals surface area (Å²) in [6.45, 7) is 1.05. The standard InChI is InChI=1S/C27H31FN4O5/c1-36-26-21(12-16-4-2-5-22(16)31-26)27(35)32-14-17-6-8-19(15-32)30-25(34)20-13-18(28)7-9-23(20)37-11-3-10-29-24(17)33/h7,9,12-13,17,19H,2-6,8,10-11,14-15H2,1H3,(H,29,33)(H,30,34)/t17-,19+/m0/s1. The van der Waals surface area contributed by atoms with Crippen molar-refractivity contribution in [1.82, 2.24) is 20.5 Å². The molecule has 37 heavy (non-hydrogen) atoms. The molecule has 2 atom stereocenters. The van der Waals surface area contributed by atoms with Gasteiger partial charge in [0.05, 0.1) is 25.2 Å². The number of halogens is 1. The van der Waals surface area contributed by atoms with Gasteiger partial charge in [-0.3, -0.25) is 14.4 Å². The number of fused-ring (bicyclic) bond motifs is 5. The Kier molecular flexibility index (Phi) is 7.25. The molecule has 1 aromatic heterocycles. The van der Waals surface area contributed by atoms with Crippen LogP contribution in [0.2, 0.25) is 0 Å². The topological polar surface area (TPSA) is 110 Å². The van der Waals surface area contributed by atoms with Crippen molar-refractivity contribution < 1.29 is 28.2 Å². The highest BCUT2D eigenvalue weighted by atomic mass is 19.1. The van der Waals surface area contributed by atoms with E-state index in [0.717, 1.165) is 36.6 Å². The maximum Gasteiger partial charge on any atom is 0.259 e. The molecular formula is C27H31FN4O5. The summed E-state index contributed by atoms with van der Waals surface area (Å²) < 4.78 is 25.2. The van der Waals surface area contributed by atoms with Gasteiger partial charge in [0.25, 0.3) is 11.8 Å². The molecule has 1 aromatic carbocycles. The fourth-order valence-electron chi connectivity index (χ4n) is 5.30. The molecule has 2 aromatic rings. The van der Waals surface area contributed by atoms with Crippen LogP contribution in [0, 0.1) is 11.7 Å². The number of aromatic nitrogens is 1. The lowest BCUT2D eigenvalue weighted by Gasteiger charge is -2.27. The van der Waals surface area contributed by atoms with Crippen molar-refractivity contribution in [2.45, 2.75) is 44.6 Å². The quantitative estimate of drug-likeness (QED) is 0.642. The zero-order valence-corrected chi connectivity index (χ0v) is 20.8. The van der Waals surface area contributed by atoms with Gasteiger partial charge in [-0.2, -0.15) is 0 Å². The minimum absolute atomic E-state index is 0.101. The second kappa shape index (κ2) is 10.7. The third-order valence-electron chi connectivity index (χ3n) is 7.24. The number of benzene rings is 1. The third kappa shape index (κ3) is 5.38. The fourth-order valence-corrected chi connectivity index (χ4v) is 5.30. The van der Waals surface area contributed by atoms with E-state index in [1.54, 1.807) is 4.90 Å². The first-order valence-electron chi connectivity index (χ1n) is 12.8. The molecule has 1 saturated heterocycles. The van der Waals surface area contributed by atoms with E-state index in [4.69, 9.17) is 9.47 Å². The molecule has 3 aliphatic rings. The summed E-state index contributed by atoms with van der Waals surface area (Å²) in [6, 6.07) is 5.23. The van der Waals surface area contributed by atoms with Crippen molar-refractivity contribution in [2.75, 3.05) is 33.4 Å². The van der Waals surface area contributed by atoms with Gasteiger partial charge in [0.15, 0.2) is 0 Å². The Bertz CT molecular complexity index is 1220. The molecule has 9 nitrogen and oxygen atoms in total. The molecule has 0 radical (unpaired) electrons. The average Bonchev–Trinajstić information content (AvgIpc) is 3.25. The molecule has 5 rings (SSSR count). The lowest BCUT2D eigenvalue weighted by atomic mass is 10.0. The second-order valence-electron chi connectivity index (χ2n) is 9.79. The summed E-state index contributed by atoms with van der Waals surface area (Å²) >= 11 is 0. The number of amides is 3. The highest BCUT2D eigenvalue weighted by Gasteiger charge is 2.34. The first-order chi connectivity index (χ1) is 17.9. The number of likely N-dealkylation sites (tertiary alicyclic amines) is 1. The number of methoxy groups -OCH3 is 1. The van der Waals surface area contributed by atoms with Gasteiger partial charge in [0, 0.05) is 31.4 Å². The van der Waals surface area contributed by atoms with Crippen LogP contribution in [0.5, 0.6) is 11.6 Å². The van der Waals surface area contributed by atoms with Gasteiger partial charge < -0.3 is 25.0 Å². The Morgan fingerprint density at radius 3 is 2.86 bits per heavy atom. The summed E-state index contributed by atoms with van der Waals surface area (Å²) in [4.78, 5) is 46.2. The molecular weight excluding hydrogens is 479 g/mol. The van der Waals surface area contributed by atoms with E-state index in [-0.39, 0.29) is 48.7 Å². The minimum Gasteiger partial charge on any atom is -0.493 e. The number of ether oxygens (including phenoxy) is 2. The molecule has 3 amide bonds. The van der Waals surface area contributed by atoms with Crippen molar-refractivity contribution in [3.05, 3.63) is 52.5 Å². The van der Waals surface area contributed by atoms with Gasteiger partial charge in [-0.15, -0.1) is 0 Å². The van der Waals surface area contributed by atoms with Crippen molar-refractivity contribution in [2.24, 2.45) is 5.92 Å². The van der Waals surface area contributed by atoms with E-state index in [9.17, 15) is 18.8 Å². The Labute approximate surface area is 214 Å². The molecule has 196 valence electrons. The number of hydrogen-bond donors (Lipinski definition) is 2. The number of carbonyl (C=O) groups excluding carboxylic acids is 3. The number of pyridine rings is 1. The summed E-state index contributed by atoms with van der Waals surface area (Å²) in [5.41, 5.74) is 2.44. The zero-order valence-electron chi connectivity index (χ0n) is 20.8. The summed E-state index contributed by atoms with van der Waals surface area (Å²) in [7, 11) is 1.49. The number of nitrogens with zero attached hydrogens (tertiary/aromatic N) is 2. The van der Waals surface area contributed by atoms with E-state index in [1.807, 2.05) is 6.07 Å². The Hall–Kier alpha value is -3.69. The first kappa shape index (κ1) is 25.0. The molecule has 3 heterocycles. The van der Waals surface area contributed by atoms with Gasteiger partial charge >= 0.3 is 0 Å². The van der Waals surface area contributed by atoms with E-state index < -0.39 is 23.7 Å². The number of carbonyl (C=O) groups is 3. The first-order valence-corrected chi connectivity index (χ1v) is 12.8. The number of rotatable bonds is 2. The van der Waals surface area contributed by atoms with Gasteiger partial charge in [0.2, 0.25) is 11.8 Å². The highest BCUT2D eigenvalue weighted by Crippen LogP contribution is 2.29. The molecule has 2 N–H and O–H groups in total. The molecule has 1 aliphatic carbocycles. The Balaban J connectivity index is 1.46. The zero-order chi connectivity index (χ0) is 25.9. The van der Waals surface area contributed by atoms with Crippen molar-refractivity contribution in [3.63, 3.8) is 0 Å². The van der Waals surface area contributed by atoms with Crippen LogP contribution >= 0.6 is 0 Å². The SMILES string of the molecule is COc1nc2c(cc1C(=O)N1C[C@H]3CC[C@@H](C1)C(=O)NCCCOc1ccc(F)cc1C(=O)N3)CCC2. The number of hydrogen-bond acceptors (Lipinski definition) is 6. The van der Waals surface area contributed by atoms with E-state index in [2.05, 4.69) is 15.6 Å². The van der Waals surface area contributed by atoms with Crippen LogP contribution < -0.4 is 20.1 Å². The Morgan fingerprint density at radius 1 is 1.16 bits per heavy atom. The Morgan fingerprint density at radius 2 is 2.03 bits per heavy atom. The predicted molar refractivity (Wildman–Crippen MR) is 132 cm³/mol. The van der Waals surface area contributed by atoms with Crippen LogP contribution in [0.15, 0.2) is 24.3 Å². The van der Waals surface area contributed by atoms with E-state index >= 15 is 0 Å². The average molecular weight is 511 g/mol. The van der Waals surface area contributed by atoms with Gasteiger partial charge in [-0.1, -0.05) is 0 Å². The van der Waals surface area contributed by atoms with Crippen LogP contribution in [0.25, 0.3) is 0 Å². The molecule has 2 bridgehead atoms. The molecule has 2 aliphatic heterocycles. The van der Waals surface area contributed by atoms with Crippen LogP contribution in [-0.4, -0.2) is 67.0 Å². The molecule has 10 heteroatoms. The highest BCUT2D eigenvalue weighted by molar-refractivity contribution is 5.98. The van der Waals surface area contributed by atoms with E-state index in [0.29, 0.717) is 31.4 Å². The third-order valence-corrected chi connectivity index (χ3v) is 7.24. The maximum atomic E-state index is 14.0. The summed E-state index contributed by atoms with van der Waals surface area (Å²) in [6.07, 6.45) is 4.18. The van der Waals surface area contributed by atoms with Gasteiger partial charge in [-0.05, 0) is 68.4 Å². The molecule has 0 saturated carbocycles. The van der Waals surface area contributed by atoms with Crippen molar-refractivity contribution >= 4 is 17.7 Å². The maximum absolute atomic E-state index is 14.0. The van der Waals surface area contributed by atoms with Crippen LogP contribution in [0.1, 0.15) is 57.7 Å². The van der Waals surface area contributed by atoms with Crippen LogP contribution in [0.3, 0.4) is 0 Å². The van der Waals surface area contributed by atoms with Gasteiger partial charge in [-0.25, -0.2) is 9.37 Å². The number of aryl methyl sites for hydroxylation is 2. The minimum atomic E-state index is -0.542. The van der Waals surface area contributed by atoms with Crippen molar-refractivity contribution in [1.29, 1.82) is 0 Å².